The first kappa shape index (κ1) is 13.8. The third-order valence-electron chi connectivity index (χ3n) is 3.25. The van der Waals surface area contributed by atoms with E-state index in [4.69, 9.17) is 16.7 Å². The molecule has 2 rings (SSSR count). The standard InChI is InChI=1S/C14H17ClO2S/c1-9(2)18-12-4-3-10(7-11(12)15)14(5-6-14)8-13(16)17/h3-4,7,9H,5-6,8H2,1-2H3,(H,16,17). The summed E-state index contributed by atoms with van der Waals surface area (Å²) in [4.78, 5) is 12.0. The first-order chi connectivity index (χ1) is 8.43. The molecule has 0 amide bonds. The van der Waals surface area contributed by atoms with Gasteiger partial charge >= 0.3 is 5.97 Å². The van der Waals surface area contributed by atoms with Crippen LogP contribution in [0.2, 0.25) is 5.02 Å². The van der Waals surface area contributed by atoms with Crippen LogP contribution in [0.4, 0.5) is 0 Å². The first-order valence-corrected chi connectivity index (χ1v) is 7.37. The number of thioether (sulfide) groups is 1. The maximum atomic E-state index is 10.9. The molecule has 0 aliphatic heterocycles. The van der Waals surface area contributed by atoms with Crippen LogP contribution in [0.25, 0.3) is 0 Å². The van der Waals surface area contributed by atoms with Gasteiger partial charge in [0.2, 0.25) is 0 Å². The van der Waals surface area contributed by atoms with E-state index in [9.17, 15) is 4.79 Å². The van der Waals surface area contributed by atoms with E-state index in [1.54, 1.807) is 11.8 Å². The van der Waals surface area contributed by atoms with Crippen molar-refractivity contribution in [3.8, 4) is 0 Å². The minimum absolute atomic E-state index is 0.156. The Morgan fingerprint density at radius 1 is 1.50 bits per heavy atom. The van der Waals surface area contributed by atoms with Crippen LogP contribution in [0.1, 0.15) is 38.7 Å². The predicted molar refractivity (Wildman–Crippen MR) is 75.6 cm³/mol. The zero-order valence-corrected chi connectivity index (χ0v) is 12.1. The molecule has 1 aliphatic rings. The number of halogens is 1. The molecule has 4 heteroatoms. The summed E-state index contributed by atoms with van der Waals surface area (Å²) < 4.78 is 0. The molecule has 1 saturated carbocycles. The van der Waals surface area contributed by atoms with Crippen molar-refractivity contribution in [2.24, 2.45) is 0 Å². The highest BCUT2D eigenvalue weighted by Crippen LogP contribution is 2.52. The highest BCUT2D eigenvalue weighted by Gasteiger charge is 2.46. The number of carbonyl (C=O) groups is 1. The number of benzene rings is 1. The highest BCUT2D eigenvalue weighted by atomic mass is 35.5. The van der Waals surface area contributed by atoms with Gasteiger partial charge in [-0.25, -0.2) is 0 Å². The Morgan fingerprint density at radius 2 is 2.17 bits per heavy atom. The fraction of sp³-hybridized carbons (Fsp3) is 0.500. The molecule has 0 heterocycles. The molecule has 0 radical (unpaired) electrons. The summed E-state index contributed by atoms with van der Waals surface area (Å²) in [5, 5.41) is 10.2. The van der Waals surface area contributed by atoms with E-state index in [2.05, 4.69) is 13.8 Å². The lowest BCUT2D eigenvalue weighted by molar-refractivity contribution is -0.137. The lowest BCUT2D eigenvalue weighted by Crippen LogP contribution is -2.12. The molecule has 0 atom stereocenters. The van der Waals surface area contributed by atoms with E-state index >= 15 is 0 Å². The van der Waals surface area contributed by atoms with Crippen molar-refractivity contribution in [3.05, 3.63) is 28.8 Å². The number of rotatable bonds is 5. The molecule has 1 fully saturated rings. The van der Waals surface area contributed by atoms with Crippen LogP contribution in [0.15, 0.2) is 23.1 Å². The second kappa shape index (κ2) is 5.14. The molecular weight excluding hydrogens is 268 g/mol. The van der Waals surface area contributed by atoms with Crippen molar-refractivity contribution in [2.75, 3.05) is 0 Å². The Hall–Kier alpha value is -0.670. The van der Waals surface area contributed by atoms with E-state index in [1.807, 2.05) is 18.2 Å². The van der Waals surface area contributed by atoms with E-state index in [0.29, 0.717) is 5.25 Å². The number of carboxylic acid groups (broad SMARTS) is 1. The van der Waals surface area contributed by atoms with Gasteiger partial charge in [0, 0.05) is 15.6 Å². The summed E-state index contributed by atoms with van der Waals surface area (Å²) in [6.07, 6.45) is 2.11. The largest absolute Gasteiger partial charge is 0.481 e. The maximum Gasteiger partial charge on any atom is 0.304 e. The van der Waals surface area contributed by atoms with Gasteiger partial charge in [0.05, 0.1) is 11.4 Å². The summed E-state index contributed by atoms with van der Waals surface area (Å²) in [6.45, 7) is 4.25. The Kier molecular flexibility index (Phi) is 3.93. The number of carboxylic acids is 1. The molecule has 1 aromatic carbocycles. The molecular formula is C14H17ClO2S. The maximum absolute atomic E-state index is 10.9. The topological polar surface area (TPSA) is 37.3 Å². The van der Waals surface area contributed by atoms with Gasteiger partial charge in [-0.15, -0.1) is 11.8 Å². The minimum atomic E-state index is -0.732. The van der Waals surface area contributed by atoms with Gasteiger partial charge in [0.25, 0.3) is 0 Å². The molecule has 0 bridgehead atoms. The zero-order chi connectivity index (χ0) is 13.3. The summed E-state index contributed by atoms with van der Waals surface area (Å²) in [6, 6.07) is 6.00. The molecule has 98 valence electrons. The second-order valence-corrected chi connectivity index (χ2v) is 7.19. The van der Waals surface area contributed by atoms with Crippen molar-refractivity contribution in [1.82, 2.24) is 0 Å². The SMILES string of the molecule is CC(C)Sc1ccc(C2(CC(=O)O)CC2)cc1Cl. The van der Waals surface area contributed by atoms with Crippen LogP contribution in [-0.2, 0) is 10.2 Å². The Labute approximate surface area is 117 Å². The quantitative estimate of drug-likeness (QED) is 0.817. The Morgan fingerprint density at radius 3 is 2.61 bits per heavy atom. The van der Waals surface area contributed by atoms with E-state index in [0.717, 1.165) is 28.3 Å². The zero-order valence-electron chi connectivity index (χ0n) is 10.6. The summed E-state index contributed by atoms with van der Waals surface area (Å²) >= 11 is 8.01. The van der Waals surface area contributed by atoms with E-state index in [-0.39, 0.29) is 11.8 Å². The number of hydrogen-bond donors (Lipinski definition) is 1. The Bertz CT molecular complexity index is 467. The highest BCUT2D eigenvalue weighted by molar-refractivity contribution is 8.00. The molecule has 0 spiro atoms. The van der Waals surface area contributed by atoms with Gasteiger partial charge in [-0.2, -0.15) is 0 Å². The summed E-state index contributed by atoms with van der Waals surface area (Å²) in [5.74, 6) is -0.732. The lowest BCUT2D eigenvalue weighted by atomic mass is 9.92. The van der Waals surface area contributed by atoms with Crippen LogP contribution in [0.3, 0.4) is 0 Å². The van der Waals surface area contributed by atoms with Crippen LogP contribution in [0.5, 0.6) is 0 Å². The van der Waals surface area contributed by atoms with Gasteiger partial charge in [-0.1, -0.05) is 31.5 Å². The van der Waals surface area contributed by atoms with Crippen LogP contribution < -0.4 is 0 Å². The van der Waals surface area contributed by atoms with E-state index in [1.165, 1.54) is 0 Å². The van der Waals surface area contributed by atoms with Crippen LogP contribution >= 0.6 is 23.4 Å². The molecule has 0 saturated heterocycles. The van der Waals surface area contributed by atoms with Crippen molar-refractivity contribution < 1.29 is 9.90 Å². The van der Waals surface area contributed by atoms with Gasteiger partial charge in [-0.05, 0) is 30.5 Å². The smallest absolute Gasteiger partial charge is 0.304 e. The van der Waals surface area contributed by atoms with Crippen molar-refractivity contribution in [3.63, 3.8) is 0 Å². The lowest BCUT2D eigenvalue weighted by Gasteiger charge is -2.15. The van der Waals surface area contributed by atoms with Gasteiger partial charge in [0.15, 0.2) is 0 Å². The molecule has 18 heavy (non-hydrogen) atoms. The molecule has 0 unspecified atom stereocenters. The van der Waals surface area contributed by atoms with E-state index < -0.39 is 5.97 Å². The summed E-state index contributed by atoms with van der Waals surface area (Å²) in [7, 11) is 0. The first-order valence-electron chi connectivity index (χ1n) is 6.11. The number of aliphatic carboxylic acids is 1. The van der Waals surface area contributed by atoms with Gasteiger partial charge in [0.1, 0.15) is 0 Å². The third-order valence-corrected chi connectivity index (χ3v) is 4.76. The fourth-order valence-corrected chi connectivity index (χ4v) is 3.33. The number of hydrogen-bond acceptors (Lipinski definition) is 2. The normalized spacial score (nSPS) is 16.9. The van der Waals surface area contributed by atoms with Crippen LogP contribution in [0, 0.1) is 0 Å². The van der Waals surface area contributed by atoms with Crippen LogP contribution in [-0.4, -0.2) is 16.3 Å². The van der Waals surface area contributed by atoms with Crippen molar-refractivity contribution in [1.29, 1.82) is 0 Å². The minimum Gasteiger partial charge on any atom is -0.481 e. The monoisotopic (exact) mass is 284 g/mol. The molecule has 1 N–H and O–H groups in total. The fourth-order valence-electron chi connectivity index (χ4n) is 2.19. The average Bonchev–Trinajstić information content (AvgIpc) is 3.00. The summed E-state index contributed by atoms with van der Waals surface area (Å²) in [5.41, 5.74) is 0.916. The third kappa shape index (κ3) is 3.01. The molecule has 2 nitrogen and oxygen atoms in total. The van der Waals surface area contributed by atoms with Crippen molar-refractivity contribution >= 4 is 29.3 Å². The Balaban J connectivity index is 2.21. The molecule has 0 aromatic heterocycles. The molecule has 1 aromatic rings. The average molecular weight is 285 g/mol. The predicted octanol–water partition coefficient (Wildman–Crippen LogP) is 4.35. The van der Waals surface area contributed by atoms with Crippen molar-refractivity contribution in [2.45, 2.75) is 48.7 Å². The van der Waals surface area contributed by atoms with Gasteiger partial charge < -0.3 is 5.11 Å². The molecule has 1 aliphatic carbocycles. The second-order valence-electron chi connectivity index (χ2n) is 5.16. The van der Waals surface area contributed by atoms with Gasteiger partial charge in [-0.3, -0.25) is 4.79 Å².